The van der Waals surface area contributed by atoms with Crippen molar-refractivity contribution in [3.8, 4) is 0 Å². The van der Waals surface area contributed by atoms with Crippen LogP contribution in [0.5, 0.6) is 0 Å². The van der Waals surface area contributed by atoms with Gasteiger partial charge in [0.25, 0.3) is 5.24 Å². The first kappa shape index (κ1) is 9.28. The number of amides is 1. The highest BCUT2D eigenvalue weighted by Crippen LogP contribution is 2.13. The van der Waals surface area contributed by atoms with E-state index in [2.05, 4.69) is 15.3 Å². The van der Waals surface area contributed by atoms with Crippen LogP contribution in [-0.4, -0.2) is 22.3 Å². The predicted molar refractivity (Wildman–Crippen MR) is 47.4 cm³/mol. The third kappa shape index (κ3) is 2.67. The van der Waals surface area contributed by atoms with Crippen molar-refractivity contribution >= 4 is 28.6 Å². The van der Waals surface area contributed by atoms with Gasteiger partial charge < -0.3 is 5.32 Å². The maximum Gasteiger partial charge on any atom is 0.286 e. The Morgan fingerprint density at radius 1 is 1.58 bits per heavy atom. The van der Waals surface area contributed by atoms with Crippen molar-refractivity contribution in [1.82, 2.24) is 15.3 Å². The molecule has 0 radical (unpaired) electrons. The maximum atomic E-state index is 10.8. The summed E-state index contributed by atoms with van der Waals surface area (Å²) in [4.78, 5) is 18.5. The van der Waals surface area contributed by atoms with Gasteiger partial charge >= 0.3 is 0 Å². The van der Waals surface area contributed by atoms with Crippen LogP contribution in [0, 0.1) is 0 Å². The van der Waals surface area contributed by atoms with E-state index in [-0.39, 0.29) is 5.24 Å². The first-order valence-electron chi connectivity index (χ1n) is 3.09. The zero-order chi connectivity index (χ0) is 8.97. The molecule has 1 N–H and O–H groups in total. The summed E-state index contributed by atoms with van der Waals surface area (Å²) in [7, 11) is 1.55. The summed E-state index contributed by atoms with van der Waals surface area (Å²) in [5.74, 6) is 0. The van der Waals surface area contributed by atoms with Gasteiger partial charge in [-0.1, -0.05) is 11.6 Å². The molecule has 1 aromatic heterocycles. The molecule has 1 rings (SSSR count). The molecule has 0 aromatic carbocycles. The van der Waals surface area contributed by atoms with Crippen LogP contribution in [0.1, 0.15) is 0 Å². The fraction of sp³-hybridized carbons (Fsp3) is 0.167. The number of thioether (sulfide) groups is 1. The summed E-state index contributed by atoms with van der Waals surface area (Å²) < 4.78 is 0. The Labute approximate surface area is 78.7 Å². The van der Waals surface area contributed by atoms with Crippen LogP contribution in [-0.2, 0) is 0 Å². The normalized spacial score (nSPS) is 9.50. The van der Waals surface area contributed by atoms with Gasteiger partial charge in [0.2, 0.25) is 0 Å². The van der Waals surface area contributed by atoms with E-state index in [1.165, 1.54) is 12.4 Å². The van der Waals surface area contributed by atoms with Crippen LogP contribution in [0.25, 0.3) is 0 Å². The molecule has 4 nitrogen and oxygen atoms in total. The van der Waals surface area contributed by atoms with Crippen molar-refractivity contribution in [1.29, 1.82) is 0 Å². The highest BCUT2D eigenvalue weighted by Gasteiger charge is 2.03. The van der Waals surface area contributed by atoms with Gasteiger partial charge in [-0.25, -0.2) is 9.97 Å². The van der Waals surface area contributed by atoms with E-state index in [1.807, 2.05) is 0 Å². The number of nitrogens with zero attached hydrogens (tertiary/aromatic N) is 2. The Balaban J connectivity index is 2.64. The molecule has 0 fully saturated rings. The SMILES string of the molecule is CNC(=O)Sc1ncc(Cl)cn1. The zero-order valence-electron chi connectivity index (χ0n) is 6.24. The Morgan fingerprint density at radius 3 is 2.67 bits per heavy atom. The van der Waals surface area contributed by atoms with Gasteiger partial charge in [-0.05, 0) is 0 Å². The van der Waals surface area contributed by atoms with E-state index in [0.717, 1.165) is 11.8 Å². The van der Waals surface area contributed by atoms with Crippen molar-refractivity contribution < 1.29 is 4.79 Å². The van der Waals surface area contributed by atoms with E-state index < -0.39 is 0 Å². The van der Waals surface area contributed by atoms with Gasteiger partial charge in [0.15, 0.2) is 5.16 Å². The summed E-state index contributed by atoms with van der Waals surface area (Å²) in [6.07, 6.45) is 2.89. The topological polar surface area (TPSA) is 54.9 Å². The number of rotatable bonds is 1. The molecule has 0 bridgehead atoms. The van der Waals surface area contributed by atoms with Gasteiger partial charge in [-0.2, -0.15) is 0 Å². The average Bonchev–Trinajstić information content (AvgIpc) is 2.09. The molecule has 64 valence electrons. The first-order valence-corrected chi connectivity index (χ1v) is 4.29. The second-order valence-electron chi connectivity index (χ2n) is 1.82. The zero-order valence-corrected chi connectivity index (χ0v) is 7.82. The second-order valence-corrected chi connectivity index (χ2v) is 3.20. The van der Waals surface area contributed by atoms with E-state index in [4.69, 9.17) is 11.6 Å². The summed E-state index contributed by atoms with van der Waals surface area (Å²) in [5, 5.41) is 3.08. The lowest BCUT2D eigenvalue weighted by Crippen LogP contribution is -2.11. The first-order chi connectivity index (χ1) is 5.72. The van der Waals surface area contributed by atoms with Crippen molar-refractivity contribution in [2.75, 3.05) is 7.05 Å². The molecule has 0 saturated heterocycles. The Kier molecular flexibility index (Phi) is 3.31. The smallest absolute Gasteiger partial charge is 0.286 e. The molecule has 0 aliphatic carbocycles. The number of nitrogens with one attached hydrogen (secondary N) is 1. The Morgan fingerprint density at radius 2 is 2.17 bits per heavy atom. The summed E-state index contributed by atoms with van der Waals surface area (Å²) in [5.41, 5.74) is 0. The number of hydrogen-bond acceptors (Lipinski definition) is 4. The quantitative estimate of drug-likeness (QED) is 0.556. The van der Waals surface area contributed by atoms with Gasteiger partial charge in [0.1, 0.15) is 0 Å². The number of hydrogen-bond donors (Lipinski definition) is 1. The molecule has 0 atom stereocenters. The van der Waals surface area contributed by atoms with Crippen LogP contribution < -0.4 is 5.32 Å². The minimum Gasteiger partial charge on any atom is -0.350 e. The van der Waals surface area contributed by atoms with Crippen LogP contribution in [0.4, 0.5) is 4.79 Å². The fourth-order valence-corrected chi connectivity index (χ4v) is 1.06. The Bertz CT molecular complexity index is 277. The number of carbonyl (C=O) groups excluding carboxylic acids is 1. The molecule has 0 spiro atoms. The van der Waals surface area contributed by atoms with E-state index >= 15 is 0 Å². The summed E-state index contributed by atoms with van der Waals surface area (Å²) >= 11 is 6.47. The lowest BCUT2D eigenvalue weighted by molar-refractivity contribution is 0.262. The molecule has 1 heterocycles. The van der Waals surface area contributed by atoms with Crippen molar-refractivity contribution in [3.05, 3.63) is 17.4 Å². The molecule has 0 aliphatic heterocycles. The molecule has 0 unspecified atom stereocenters. The largest absolute Gasteiger partial charge is 0.350 e. The average molecular weight is 204 g/mol. The standard InChI is InChI=1S/C6H6ClN3OS/c1-8-6(11)12-5-9-2-4(7)3-10-5/h2-3H,1H3,(H,8,11). The van der Waals surface area contributed by atoms with Gasteiger partial charge in [-0.3, -0.25) is 4.79 Å². The fourth-order valence-electron chi connectivity index (χ4n) is 0.487. The maximum absolute atomic E-state index is 10.8. The third-order valence-electron chi connectivity index (χ3n) is 0.985. The van der Waals surface area contributed by atoms with Crippen LogP contribution >= 0.6 is 23.4 Å². The van der Waals surface area contributed by atoms with Crippen LogP contribution in [0.3, 0.4) is 0 Å². The van der Waals surface area contributed by atoms with E-state index in [1.54, 1.807) is 7.05 Å². The van der Waals surface area contributed by atoms with Crippen LogP contribution in [0.2, 0.25) is 5.02 Å². The lowest BCUT2D eigenvalue weighted by Gasteiger charge is -1.96. The minimum atomic E-state index is -0.197. The third-order valence-corrected chi connectivity index (χ3v) is 1.96. The number of carbonyl (C=O) groups is 1. The molecule has 0 saturated carbocycles. The van der Waals surface area contributed by atoms with Crippen molar-refractivity contribution in [2.45, 2.75) is 5.16 Å². The summed E-state index contributed by atoms with van der Waals surface area (Å²) in [6.45, 7) is 0. The number of halogens is 1. The molecular weight excluding hydrogens is 198 g/mol. The molecule has 12 heavy (non-hydrogen) atoms. The summed E-state index contributed by atoms with van der Waals surface area (Å²) in [6, 6.07) is 0. The highest BCUT2D eigenvalue weighted by molar-refractivity contribution is 8.13. The molecular formula is C6H6ClN3OS. The predicted octanol–water partition coefficient (Wildman–Crippen LogP) is 1.56. The molecule has 1 aromatic rings. The van der Waals surface area contributed by atoms with Gasteiger partial charge in [0.05, 0.1) is 17.4 Å². The van der Waals surface area contributed by atoms with Crippen molar-refractivity contribution in [2.24, 2.45) is 0 Å². The van der Waals surface area contributed by atoms with E-state index in [0.29, 0.717) is 10.2 Å². The van der Waals surface area contributed by atoms with Gasteiger partial charge in [-0.15, -0.1) is 0 Å². The molecule has 0 aliphatic rings. The highest BCUT2D eigenvalue weighted by atomic mass is 35.5. The molecule has 1 amide bonds. The second kappa shape index (κ2) is 4.27. The van der Waals surface area contributed by atoms with Gasteiger partial charge in [0, 0.05) is 18.8 Å². The van der Waals surface area contributed by atoms with E-state index in [9.17, 15) is 4.79 Å². The monoisotopic (exact) mass is 203 g/mol. The minimum absolute atomic E-state index is 0.197. The lowest BCUT2D eigenvalue weighted by atomic mass is 10.7. The van der Waals surface area contributed by atoms with Crippen molar-refractivity contribution in [3.63, 3.8) is 0 Å². The van der Waals surface area contributed by atoms with Crippen LogP contribution in [0.15, 0.2) is 17.6 Å². The molecule has 6 heteroatoms. The number of aromatic nitrogens is 2. The Hall–Kier alpha value is -0.810.